The summed E-state index contributed by atoms with van der Waals surface area (Å²) >= 11 is 0. The molecular formula is C29H28FN3O4. The van der Waals surface area contributed by atoms with Gasteiger partial charge in [0.15, 0.2) is 11.5 Å². The van der Waals surface area contributed by atoms with Crippen LogP contribution in [-0.4, -0.2) is 29.0 Å². The molecule has 7 nitrogen and oxygen atoms in total. The Balaban J connectivity index is 1.40. The van der Waals surface area contributed by atoms with E-state index in [-0.39, 0.29) is 36.4 Å². The number of halogens is 1. The zero-order valence-electron chi connectivity index (χ0n) is 20.5. The first-order valence-corrected chi connectivity index (χ1v) is 11.9. The quantitative estimate of drug-likeness (QED) is 0.316. The molecule has 0 aliphatic rings. The largest absolute Gasteiger partial charge is 0.497 e. The molecule has 0 aliphatic carbocycles. The predicted octanol–water partition coefficient (Wildman–Crippen LogP) is 4.91. The number of aryl methyl sites for hydroxylation is 1. The van der Waals surface area contributed by atoms with Gasteiger partial charge in [0.1, 0.15) is 11.6 Å². The maximum Gasteiger partial charge on any atom is 0.273 e. The van der Waals surface area contributed by atoms with Crippen molar-refractivity contribution < 1.29 is 23.2 Å². The lowest BCUT2D eigenvalue weighted by molar-refractivity contribution is -0.132. The van der Waals surface area contributed by atoms with E-state index in [4.69, 9.17) is 9.26 Å². The van der Waals surface area contributed by atoms with Gasteiger partial charge in [-0.2, -0.15) is 0 Å². The maximum atomic E-state index is 13.4. The van der Waals surface area contributed by atoms with Crippen LogP contribution in [0.4, 0.5) is 4.39 Å². The van der Waals surface area contributed by atoms with Gasteiger partial charge in [-0.25, -0.2) is 4.39 Å². The molecule has 0 unspecified atom stereocenters. The van der Waals surface area contributed by atoms with Gasteiger partial charge in [-0.05, 0) is 47.4 Å². The molecule has 0 radical (unpaired) electrons. The number of amides is 2. The van der Waals surface area contributed by atoms with Crippen LogP contribution in [0, 0.1) is 5.82 Å². The van der Waals surface area contributed by atoms with Crippen molar-refractivity contribution in [3.8, 4) is 5.75 Å². The second-order valence-corrected chi connectivity index (χ2v) is 8.57. The first kappa shape index (κ1) is 25.6. The van der Waals surface area contributed by atoms with E-state index < -0.39 is 0 Å². The molecule has 0 aliphatic heterocycles. The van der Waals surface area contributed by atoms with Gasteiger partial charge in [0.05, 0.1) is 13.7 Å². The Hall–Kier alpha value is -4.46. The van der Waals surface area contributed by atoms with Crippen LogP contribution >= 0.6 is 0 Å². The van der Waals surface area contributed by atoms with Crippen LogP contribution in [0.5, 0.6) is 5.75 Å². The van der Waals surface area contributed by atoms with Crippen molar-refractivity contribution in [2.75, 3.05) is 7.11 Å². The molecule has 1 heterocycles. The molecule has 0 spiro atoms. The number of nitrogens with one attached hydrogen (secondary N) is 1. The van der Waals surface area contributed by atoms with E-state index in [0.717, 1.165) is 22.4 Å². The molecule has 0 saturated carbocycles. The van der Waals surface area contributed by atoms with E-state index in [1.807, 2.05) is 54.6 Å². The van der Waals surface area contributed by atoms with Crippen molar-refractivity contribution in [3.63, 3.8) is 0 Å². The number of hydrogen-bond donors (Lipinski definition) is 1. The zero-order valence-corrected chi connectivity index (χ0v) is 20.5. The van der Waals surface area contributed by atoms with Crippen molar-refractivity contribution in [3.05, 3.63) is 119 Å². The summed E-state index contributed by atoms with van der Waals surface area (Å²) in [5, 5.41) is 6.69. The number of ether oxygens (including phenoxy) is 1. The van der Waals surface area contributed by atoms with Gasteiger partial charge in [-0.3, -0.25) is 9.59 Å². The summed E-state index contributed by atoms with van der Waals surface area (Å²) in [6.45, 7) is 0.719. The Morgan fingerprint density at radius 1 is 0.919 bits per heavy atom. The monoisotopic (exact) mass is 501 g/mol. The third-order valence-electron chi connectivity index (χ3n) is 5.86. The van der Waals surface area contributed by atoms with Crippen LogP contribution in [-0.2, 0) is 30.8 Å². The summed E-state index contributed by atoms with van der Waals surface area (Å²) in [5.41, 5.74) is 2.88. The smallest absolute Gasteiger partial charge is 0.273 e. The third kappa shape index (κ3) is 7.51. The summed E-state index contributed by atoms with van der Waals surface area (Å²) in [6, 6.07) is 24.7. The summed E-state index contributed by atoms with van der Waals surface area (Å²) in [5.74, 6) is 0.303. The summed E-state index contributed by atoms with van der Waals surface area (Å²) in [4.78, 5) is 27.3. The number of methoxy groups -OCH3 is 1. The molecule has 2 amide bonds. The van der Waals surface area contributed by atoms with Gasteiger partial charge >= 0.3 is 0 Å². The summed E-state index contributed by atoms with van der Waals surface area (Å²) < 4.78 is 23.9. The number of aromatic nitrogens is 1. The molecule has 0 atom stereocenters. The molecule has 0 fully saturated rings. The number of hydrogen-bond acceptors (Lipinski definition) is 5. The van der Waals surface area contributed by atoms with Gasteiger partial charge in [0, 0.05) is 25.6 Å². The average molecular weight is 502 g/mol. The zero-order chi connectivity index (χ0) is 26.0. The highest BCUT2D eigenvalue weighted by Crippen LogP contribution is 2.16. The molecule has 37 heavy (non-hydrogen) atoms. The van der Waals surface area contributed by atoms with Gasteiger partial charge in [0.2, 0.25) is 5.91 Å². The molecule has 0 bridgehead atoms. The second-order valence-electron chi connectivity index (χ2n) is 8.57. The van der Waals surface area contributed by atoms with Crippen molar-refractivity contribution >= 4 is 11.8 Å². The Kier molecular flexibility index (Phi) is 8.65. The Morgan fingerprint density at radius 3 is 2.32 bits per heavy atom. The minimum absolute atomic E-state index is 0.0879. The van der Waals surface area contributed by atoms with Crippen molar-refractivity contribution in [2.45, 2.75) is 32.5 Å². The predicted molar refractivity (Wildman–Crippen MR) is 136 cm³/mol. The normalized spacial score (nSPS) is 10.6. The van der Waals surface area contributed by atoms with Crippen LogP contribution in [0.1, 0.15) is 39.4 Å². The number of benzene rings is 3. The third-order valence-corrected chi connectivity index (χ3v) is 5.86. The minimum atomic E-state index is -0.383. The molecule has 1 N–H and O–H groups in total. The van der Waals surface area contributed by atoms with Crippen LogP contribution in [0.2, 0.25) is 0 Å². The van der Waals surface area contributed by atoms with Crippen molar-refractivity contribution in [2.24, 2.45) is 0 Å². The minimum Gasteiger partial charge on any atom is -0.497 e. The lowest BCUT2D eigenvalue weighted by Gasteiger charge is -2.22. The lowest BCUT2D eigenvalue weighted by Crippen LogP contribution is -2.30. The highest BCUT2D eigenvalue weighted by molar-refractivity contribution is 5.92. The fraction of sp³-hybridized carbons (Fsp3) is 0.207. The van der Waals surface area contributed by atoms with Crippen molar-refractivity contribution in [1.29, 1.82) is 0 Å². The van der Waals surface area contributed by atoms with Gasteiger partial charge in [-0.1, -0.05) is 59.8 Å². The van der Waals surface area contributed by atoms with E-state index in [0.29, 0.717) is 25.1 Å². The Bertz CT molecular complexity index is 1310. The summed E-state index contributed by atoms with van der Waals surface area (Å²) in [6.07, 6.45) is 0.892. The highest BCUT2D eigenvalue weighted by atomic mass is 19.1. The summed E-state index contributed by atoms with van der Waals surface area (Å²) in [7, 11) is 1.59. The number of carbonyl (C=O) groups excluding carboxylic acids is 2. The molecule has 1 aromatic heterocycles. The second kappa shape index (κ2) is 12.5. The van der Waals surface area contributed by atoms with Gasteiger partial charge in [0.25, 0.3) is 5.91 Å². The van der Waals surface area contributed by atoms with Gasteiger partial charge in [-0.15, -0.1) is 0 Å². The van der Waals surface area contributed by atoms with E-state index in [1.165, 1.54) is 18.2 Å². The topological polar surface area (TPSA) is 84.7 Å². The fourth-order valence-electron chi connectivity index (χ4n) is 3.80. The number of nitrogens with zero attached hydrogens (tertiary/aromatic N) is 2. The van der Waals surface area contributed by atoms with Crippen LogP contribution in [0.25, 0.3) is 0 Å². The first-order chi connectivity index (χ1) is 18.0. The molecule has 3 aromatic carbocycles. The van der Waals surface area contributed by atoms with Gasteiger partial charge < -0.3 is 19.5 Å². The SMILES string of the molecule is COc1ccc(CNC(=O)c2cc(CN(Cc3ccc(F)cc3)C(=O)CCc3ccccc3)on2)cc1. The fourth-order valence-corrected chi connectivity index (χ4v) is 3.80. The van der Waals surface area contributed by atoms with Crippen LogP contribution in [0.3, 0.4) is 0 Å². The highest BCUT2D eigenvalue weighted by Gasteiger charge is 2.19. The lowest BCUT2D eigenvalue weighted by atomic mass is 10.1. The standard InChI is InChI=1S/C29H28FN3O4/c1-36-25-14-9-22(10-15-25)18-31-29(35)27-17-26(37-32-27)20-33(19-23-7-12-24(30)13-8-23)28(34)16-11-21-5-3-2-4-6-21/h2-10,12-15,17H,11,16,18-20H2,1H3,(H,31,35). The Morgan fingerprint density at radius 2 is 1.62 bits per heavy atom. The number of carbonyl (C=O) groups is 2. The van der Waals surface area contributed by atoms with E-state index in [9.17, 15) is 14.0 Å². The maximum absolute atomic E-state index is 13.4. The van der Waals surface area contributed by atoms with Crippen LogP contribution in [0.15, 0.2) is 89.5 Å². The first-order valence-electron chi connectivity index (χ1n) is 11.9. The molecule has 4 rings (SSSR count). The Labute approximate surface area is 214 Å². The molecule has 4 aromatic rings. The van der Waals surface area contributed by atoms with Crippen LogP contribution < -0.4 is 10.1 Å². The molecular weight excluding hydrogens is 473 g/mol. The van der Waals surface area contributed by atoms with E-state index in [2.05, 4.69) is 10.5 Å². The molecule has 8 heteroatoms. The molecule has 190 valence electrons. The average Bonchev–Trinajstić information content (AvgIpc) is 3.41. The number of rotatable bonds is 11. The molecule has 0 saturated heterocycles. The van der Waals surface area contributed by atoms with E-state index in [1.54, 1.807) is 24.1 Å². The van der Waals surface area contributed by atoms with E-state index >= 15 is 0 Å². The van der Waals surface area contributed by atoms with Crippen molar-refractivity contribution in [1.82, 2.24) is 15.4 Å².